The summed E-state index contributed by atoms with van der Waals surface area (Å²) in [6.07, 6.45) is 9.22. The van der Waals surface area contributed by atoms with Gasteiger partial charge >= 0.3 is 0 Å². The number of aromatic nitrogens is 1. The van der Waals surface area contributed by atoms with Gasteiger partial charge in [-0.05, 0) is 75.3 Å². The summed E-state index contributed by atoms with van der Waals surface area (Å²) in [7, 11) is 1.70. The molecular formula is C17H27N3O. The van der Waals surface area contributed by atoms with Gasteiger partial charge < -0.3 is 10.1 Å². The lowest BCUT2D eigenvalue weighted by molar-refractivity contribution is 0.126. The van der Waals surface area contributed by atoms with Gasteiger partial charge in [-0.25, -0.2) is 0 Å². The van der Waals surface area contributed by atoms with Gasteiger partial charge in [0.2, 0.25) is 0 Å². The lowest BCUT2D eigenvalue weighted by Crippen LogP contribution is -2.39. The molecule has 0 radical (unpaired) electrons. The fraction of sp³-hybridized carbons (Fsp3) is 0.706. The monoisotopic (exact) mass is 289 g/mol. The van der Waals surface area contributed by atoms with E-state index < -0.39 is 0 Å². The molecule has 2 aliphatic rings. The molecule has 2 saturated heterocycles. The van der Waals surface area contributed by atoms with Crippen molar-refractivity contribution >= 4 is 0 Å². The van der Waals surface area contributed by atoms with Crippen LogP contribution in [0, 0.1) is 11.8 Å². The van der Waals surface area contributed by atoms with E-state index in [-0.39, 0.29) is 0 Å². The number of piperidine rings is 2. The van der Waals surface area contributed by atoms with Crippen LogP contribution < -0.4 is 10.1 Å². The SMILES string of the molecule is COc1cncc(CN2CCC(C3CCNCC3)CC2)c1. The molecule has 0 amide bonds. The Morgan fingerprint density at radius 1 is 1.14 bits per heavy atom. The topological polar surface area (TPSA) is 37.4 Å². The summed E-state index contributed by atoms with van der Waals surface area (Å²) < 4.78 is 5.25. The summed E-state index contributed by atoms with van der Waals surface area (Å²) in [6, 6.07) is 2.10. The Morgan fingerprint density at radius 2 is 1.86 bits per heavy atom. The van der Waals surface area contributed by atoms with Crippen LogP contribution in [-0.2, 0) is 6.54 Å². The molecule has 4 heteroatoms. The summed E-state index contributed by atoms with van der Waals surface area (Å²) >= 11 is 0. The molecule has 2 aliphatic heterocycles. The Balaban J connectivity index is 1.48. The number of hydrogen-bond donors (Lipinski definition) is 1. The minimum absolute atomic E-state index is 0.858. The van der Waals surface area contributed by atoms with E-state index in [2.05, 4.69) is 21.3 Å². The summed E-state index contributed by atoms with van der Waals surface area (Å²) in [5, 5.41) is 3.48. The van der Waals surface area contributed by atoms with Gasteiger partial charge in [-0.15, -0.1) is 0 Å². The van der Waals surface area contributed by atoms with Crippen molar-refractivity contribution in [3.8, 4) is 5.75 Å². The molecule has 1 aromatic rings. The Hall–Kier alpha value is -1.13. The average Bonchev–Trinajstić information content (AvgIpc) is 2.56. The van der Waals surface area contributed by atoms with Crippen LogP contribution in [0.25, 0.3) is 0 Å². The third-order valence-electron chi connectivity index (χ3n) is 5.09. The largest absolute Gasteiger partial charge is 0.495 e. The van der Waals surface area contributed by atoms with Gasteiger partial charge in [-0.1, -0.05) is 0 Å². The summed E-state index contributed by atoms with van der Waals surface area (Å²) in [6.45, 7) is 5.90. The molecule has 3 rings (SSSR count). The first-order valence-corrected chi connectivity index (χ1v) is 8.26. The van der Waals surface area contributed by atoms with Crippen molar-refractivity contribution in [2.45, 2.75) is 32.2 Å². The summed E-state index contributed by atoms with van der Waals surface area (Å²) in [5.74, 6) is 2.77. The quantitative estimate of drug-likeness (QED) is 0.923. The molecule has 0 aromatic carbocycles. The standard InChI is InChI=1S/C17H27N3O/c1-21-17-10-14(11-19-12-17)13-20-8-4-16(5-9-20)15-2-6-18-7-3-15/h10-12,15-16,18H,2-9,13H2,1H3. The molecule has 4 nitrogen and oxygen atoms in total. The lowest BCUT2D eigenvalue weighted by Gasteiger charge is -2.37. The van der Waals surface area contributed by atoms with Crippen molar-refractivity contribution in [1.82, 2.24) is 15.2 Å². The van der Waals surface area contributed by atoms with Gasteiger partial charge in [0.05, 0.1) is 13.3 Å². The van der Waals surface area contributed by atoms with E-state index in [0.717, 1.165) is 24.1 Å². The van der Waals surface area contributed by atoms with Gasteiger partial charge in [-0.2, -0.15) is 0 Å². The number of ether oxygens (including phenoxy) is 1. The molecule has 21 heavy (non-hydrogen) atoms. The van der Waals surface area contributed by atoms with Crippen LogP contribution in [0.3, 0.4) is 0 Å². The van der Waals surface area contributed by atoms with E-state index in [1.807, 2.05) is 6.20 Å². The molecule has 0 spiro atoms. The van der Waals surface area contributed by atoms with Crippen LogP contribution >= 0.6 is 0 Å². The second-order valence-electron chi connectivity index (χ2n) is 6.43. The van der Waals surface area contributed by atoms with Crippen LogP contribution in [0.2, 0.25) is 0 Å². The smallest absolute Gasteiger partial charge is 0.137 e. The maximum Gasteiger partial charge on any atom is 0.137 e. The minimum Gasteiger partial charge on any atom is -0.495 e. The van der Waals surface area contributed by atoms with Crippen LogP contribution in [0.5, 0.6) is 5.75 Å². The molecular weight excluding hydrogens is 262 g/mol. The number of methoxy groups -OCH3 is 1. The first-order valence-electron chi connectivity index (χ1n) is 8.26. The zero-order valence-corrected chi connectivity index (χ0v) is 13.1. The Kier molecular flexibility index (Phi) is 5.09. The second-order valence-corrected chi connectivity index (χ2v) is 6.43. The maximum atomic E-state index is 5.25. The fourth-order valence-corrected chi connectivity index (χ4v) is 3.82. The second kappa shape index (κ2) is 7.23. The van der Waals surface area contributed by atoms with Crippen molar-refractivity contribution in [2.75, 3.05) is 33.3 Å². The number of hydrogen-bond acceptors (Lipinski definition) is 4. The predicted octanol–water partition coefficient (Wildman–Crippen LogP) is 2.30. The molecule has 0 aliphatic carbocycles. The van der Waals surface area contributed by atoms with E-state index in [1.54, 1.807) is 13.3 Å². The summed E-state index contributed by atoms with van der Waals surface area (Å²) in [4.78, 5) is 6.81. The molecule has 0 saturated carbocycles. The van der Waals surface area contributed by atoms with E-state index in [0.29, 0.717) is 0 Å². The van der Waals surface area contributed by atoms with Gasteiger partial charge in [0.1, 0.15) is 5.75 Å². The molecule has 2 fully saturated rings. The molecule has 116 valence electrons. The Morgan fingerprint density at radius 3 is 2.57 bits per heavy atom. The highest BCUT2D eigenvalue weighted by atomic mass is 16.5. The van der Waals surface area contributed by atoms with Crippen molar-refractivity contribution in [1.29, 1.82) is 0 Å². The van der Waals surface area contributed by atoms with Gasteiger partial charge in [0.25, 0.3) is 0 Å². The van der Waals surface area contributed by atoms with E-state index in [9.17, 15) is 0 Å². The van der Waals surface area contributed by atoms with Crippen LogP contribution in [0.4, 0.5) is 0 Å². The van der Waals surface area contributed by atoms with Crippen molar-refractivity contribution < 1.29 is 4.74 Å². The first kappa shape index (κ1) is 14.8. The average molecular weight is 289 g/mol. The predicted molar refractivity (Wildman–Crippen MR) is 84.4 cm³/mol. The van der Waals surface area contributed by atoms with E-state index >= 15 is 0 Å². The number of nitrogens with zero attached hydrogens (tertiary/aromatic N) is 2. The number of rotatable bonds is 4. The minimum atomic E-state index is 0.858. The first-order chi connectivity index (χ1) is 10.3. The molecule has 1 N–H and O–H groups in total. The van der Waals surface area contributed by atoms with Crippen LogP contribution in [0.1, 0.15) is 31.2 Å². The molecule has 0 atom stereocenters. The van der Waals surface area contributed by atoms with E-state index in [1.165, 1.54) is 57.4 Å². The summed E-state index contributed by atoms with van der Waals surface area (Å²) in [5.41, 5.74) is 1.26. The molecule has 0 unspecified atom stereocenters. The zero-order valence-electron chi connectivity index (χ0n) is 13.1. The number of likely N-dealkylation sites (tertiary alicyclic amines) is 1. The van der Waals surface area contributed by atoms with Crippen molar-refractivity contribution in [2.24, 2.45) is 11.8 Å². The highest BCUT2D eigenvalue weighted by molar-refractivity contribution is 5.23. The molecule has 3 heterocycles. The highest BCUT2D eigenvalue weighted by Gasteiger charge is 2.27. The zero-order chi connectivity index (χ0) is 14.5. The lowest BCUT2D eigenvalue weighted by atomic mass is 9.79. The molecule has 1 aromatic heterocycles. The molecule has 0 bridgehead atoms. The number of nitrogens with one attached hydrogen (secondary N) is 1. The van der Waals surface area contributed by atoms with Gasteiger partial charge in [0.15, 0.2) is 0 Å². The van der Waals surface area contributed by atoms with E-state index in [4.69, 9.17) is 4.74 Å². The Labute approximate surface area is 127 Å². The van der Waals surface area contributed by atoms with Gasteiger partial charge in [0, 0.05) is 12.7 Å². The van der Waals surface area contributed by atoms with Crippen LogP contribution in [0.15, 0.2) is 18.5 Å². The van der Waals surface area contributed by atoms with Crippen molar-refractivity contribution in [3.63, 3.8) is 0 Å². The Bertz CT molecular complexity index is 437. The highest BCUT2D eigenvalue weighted by Crippen LogP contribution is 2.31. The normalized spacial score (nSPS) is 22.3. The van der Waals surface area contributed by atoms with Crippen LogP contribution in [-0.4, -0.2) is 43.2 Å². The third kappa shape index (κ3) is 3.95. The number of pyridine rings is 1. The van der Waals surface area contributed by atoms with Crippen molar-refractivity contribution in [3.05, 3.63) is 24.0 Å². The maximum absolute atomic E-state index is 5.25. The fourth-order valence-electron chi connectivity index (χ4n) is 3.82. The third-order valence-corrected chi connectivity index (χ3v) is 5.09. The van der Waals surface area contributed by atoms with Gasteiger partial charge in [-0.3, -0.25) is 9.88 Å².